The molecule has 1 atom stereocenters. The number of aryl methyl sites for hydroxylation is 2. The van der Waals surface area contributed by atoms with Gasteiger partial charge >= 0.3 is 5.97 Å². The van der Waals surface area contributed by atoms with Crippen molar-refractivity contribution in [2.75, 3.05) is 6.54 Å². The molecule has 4 heteroatoms. The van der Waals surface area contributed by atoms with Gasteiger partial charge in [0.1, 0.15) is 0 Å². The number of rotatable bonds is 4. The van der Waals surface area contributed by atoms with E-state index in [2.05, 4.69) is 4.98 Å². The van der Waals surface area contributed by atoms with E-state index in [0.29, 0.717) is 6.54 Å². The number of carboxylic acids is 1. The minimum atomic E-state index is -0.840. The molecule has 1 aromatic rings. The lowest BCUT2D eigenvalue weighted by atomic mass is 9.97. The Morgan fingerprint density at radius 1 is 1.53 bits per heavy atom. The molecule has 0 fully saturated rings. The fourth-order valence-corrected chi connectivity index (χ4v) is 1.56. The minimum absolute atomic E-state index is 0.0355. The van der Waals surface area contributed by atoms with Gasteiger partial charge in [0.05, 0.1) is 6.42 Å². The Labute approximate surface area is 89.1 Å². The molecule has 1 rings (SSSR count). The minimum Gasteiger partial charge on any atom is -0.481 e. The molecule has 0 saturated carbocycles. The van der Waals surface area contributed by atoms with Crippen LogP contribution in [0.3, 0.4) is 0 Å². The average Bonchev–Trinajstić information content (AvgIpc) is 2.18. The molecular formula is C11H16N2O2. The van der Waals surface area contributed by atoms with E-state index < -0.39 is 5.97 Å². The third kappa shape index (κ3) is 3.02. The third-order valence-corrected chi connectivity index (χ3v) is 2.37. The summed E-state index contributed by atoms with van der Waals surface area (Å²) in [6.45, 7) is 4.12. The largest absolute Gasteiger partial charge is 0.481 e. The molecule has 1 heterocycles. The number of nitrogens with zero attached hydrogens (tertiary/aromatic N) is 1. The summed E-state index contributed by atoms with van der Waals surface area (Å²) in [7, 11) is 0. The van der Waals surface area contributed by atoms with Crippen molar-refractivity contribution in [3.63, 3.8) is 0 Å². The highest BCUT2D eigenvalue weighted by Gasteiger charge is 2.17. The Morgan fingerprint density at radius 3 is 2.73 bits per heavy atom. The first kappa shape index (κ1) is 11.7. The SMILES string of the molecule is Cc1ccc(C)c(C(CN)CC(=O)O)n1. The number of aromatic nitrogens is 1. The summed E-state index contributed by atoms with van der Waals surface area (Å²) in [5.74, 6) is -1.03. The fraction of sp³-hybridized carbons (Fsp3) is 0.455. The molecule has 0 aliphatic rings. The normalized spacial score (nSPS) is 12.5. The van der Waals surface area contributed by atoms with Crippen LogP contribution in [-0.2, 0) is 4.79 Å². The van der Waals surface area contributed by atoms with Gasteiger partial charge in [-0.25, -0.2) is 0 Å². The quantitative estimate of drug-likeness (QED) is 0.779. The van der Waals surface area contributed by atoms with Crippen molar-refractivity contribution in [2.45, 2.75) is 26.2 Å². The predicted octanol–water partition coefficient (Wildman–Crippen LogP) is 1.22. The number of aliphatic carboxylic acids is 1. The summed E-state index contributed by atoms with van der Waals surface area (Å²) >= 11 is 0. The maximum atomic E-state index is 10.7. The van der Waals surface area contributed by atoms with Crippen molar-refractivity contribution < 1.29 is 9.90 Å². The summed E-state index contributed by atoms with van der Waals surface area (Å²) in [6.07, 6.45) is 0.0355. The zero-order valence-corrected chi connectivity index (χ0v) is 9.03. The van der Waals surface area contributed by atoms with Gasteiger partial charge in [-0.05, 0) is 25.5 Å². The first-order valence-electron chi connectivity index (χ1n) is 4.90. The van der Waals surface area contributed by atoms with Crippen LogP contribution < -0.4 is 5.73 Å². The monoisotopic (exact) mass is 208 g/mol. The lowest BCUT2D eigenvalue weighted by Crippen LogP contribution is -2.18. The van der Waals surface area contributed by atoms with Crippen molar-refractivity contribution in [3.05, 3.63) is 29.1 Å². The smallest absolute Gasteiger partial charge is 0.304 e. The number of carboxylic acid groups (broad SMARTS) is 1. The lowest BCUT2D eigenvalue weighted by Gasteiger charge is -2.14. The Hall–Kier alpha value is -1.42. The maximum absolute atomic E-state index is 10.7. The molecule has 0 amide bonds. The highest BCUT2D eigenvalue weighted by molar-refractivity contribution is 5.68. The Morgan fingerprint density at radius 2 is 2.20 bits per heavy atom. The molecule has 1 unspecified atom stereocenters. The Bertz CT molecular complexity index is 364. The lowest BCUT2D eigenvalue weighted by molar-refractivity contribution is -0.137. The maximum Gasteiger partial charge on any atom is 0.304 e. The first-order chi connectivity index (χ1) is 7.04. The molecule has 0 aliphatic carbocycles. The standard InChI is InChI=1S/C11H16N2O2/c1-7-3-4-8(2)13-11(7)9(6-12)5-10(14)15/h3-4,9H,5-6,12H2,1-2H3,(H,14,15). The zero-order valence-electron chi connectivity index (χ0n) is 9.03. The summed E-state index contributed by atoms with van der Waals surface area (Å²) in [6, 6.07) is 3.86. The highest BCUT2D eigenvalue weighted by atomic mass is 16.4. The van der Waals surface area contributed by atoms with Gasteiger partial charge in [0.15, 0.2) is 0 Å². The summed E-state index contributed by atoms with van der Waals surface area (Å²) in [4.78, 5) is 15.0. The molecule has 15 heavy (non-hydrogen) atoms. The van der Waals surface area contributed by atoms with Crippen LogP contribution in [-0.4, -0.2) is 22.6 Å². The van der Waals surface area contributed by atoms with E-state index in [1.807, 2.05) is 26.0 Å². The van der Waals surface area contributed by atoms with Crippen LogP contribution in [0.15, 0.2) is 12.1 Å². The average molecular weight is 208 g/mol. The van der Waals surface area contributed by atoms with Crippen molar-refractivity contribution in [2.24, 2.45) is 5.73 Å². The number of hydrogen-bond acceptors (Lipinski definition) is 3. The van der Waals surface area contributed by atoms with Gasteiger partial charge in [-0.2, -0.15) is 0 Å². The molecule has 0 bridgehead atoms. The van der Waals surface area contributed by atoms with Gasteiger partial charge in [0.25, 0.3) is 0 Å². The van der Waals surface area contributed by atoms with Crippen molar-refractivity contribution >= 4 is 5.97 Å². The molecule has 4 nitrogen and oxygen atoms in total. The van der Waals surface area contributed by atoms with E-state index in [0.717, 1.165) is 17.0 Å². The van der Waals surface area contributed by atoms with Gasteiger partial charge < -0.3 is 10.8 Å². The van der Waals surface area contributed by atoms with Gasteiger partial charge in [-0.15, -0.1) is 0 Å². The molecular weight excluding hydrogens is 192 g/mol. The Kier molecular flexibility index (Phi) is 3.80. The molecule has 0 radical (unpaired) electrons. The van der Waals surface area contributed by atoms with Gasteiger partial charge in [0, 0.05) is 23.9 Å². The van der Waals surface area contributed by atoms with Gasteiger partial charge in [-0.1, -0.05) is 6.07 Å². The van der Waals surface area contributed by atoms with E-state index >= 15 is 0 Å². The Balaban J connectivity index is 3.00. The first-order valence-corrected chi connectivity index (χ1v) is 4.90. The van der Waals surface area contributed by atoms with E-state index in [1.54, 1.807) is 0 Å². The zero-order chi connectivity index (χ0) is 11.4. The molecule has 3 N–H and O–H groups in total. The van der Waals surface area contributed by atoms with Gasteiger partial charge in [0.2, 0.25) is 0 Å². The predicted molar refractivity (Wildman–Crippen MR) is 57.8 cm³/mol. The molecule has 0 aliphatic heterocycles. The highest BCUT2D eigenvalue weighted by Crippen LogP contribution is 2.20. The summed E-state index contributed by atoms with van der Waals surface area (Å²) < 4.78 is 0. The van der Waals surface area contributed by atoms with Crippen molar-refractivity contribution in [1.29, 1.82) is 0 Å². The molecule has 0 saturated heterocycles. The number of pyridine rings is 1. The van der Waals surface area contributed by atoms with Crippen LogP contribution >= 0.6 is 0 Å². The second-order valence-corrected chi connectivity index (χ2v) is 3.69. The third-order valence-electron chi connectivity index (χ3n) is 2.37. The number of nitrogens with two attached hydrogens (primary N) is 1. The second kappa shape index (κ2) is 4.89. The van der Waals surface area contributed by atoms with Crippen LogP contribution in [0, 0.1) is 13.8 Å². The summed E-state index contributed by atoms with van der Waals surface area (Å²) in [5, 5.41) is 8.75. The molecule has 0 aromatic carbocycles. The van der Waals surface area contributed by atoms with Crippen molar-refractivity contribution in [3.8, 4) is 0 Å². The molecule has 0 spiro atoms. The van der Waals surface area contributed by atoms with Crippen LogP contribution in [0.25, 0.3) is 0 Å². The van der Waals surface area contributed by atoms with Crippen LogP contribution in [0.4, 0.5) is 0 Å². The van der Waals surface area contributed by atoms with E-state index in [-0.39, 0.29) is 12.3 Å². The second-order valence-electron chi connectivity index (χ2n) is 3.69. The number of carbonyl (C=O) groups is 1. The molecule has 82 valence electrons. The van der Waals surface area contributed by atoms with Crippen LogP contribution in [0.5, 0.6) is 0 Å². The van der Waals surface area contributed by atoms with E-state index in [4.69, 9.17) is 10.8 Å². The topological polar surface area (TPSA) is 76.2 Å². The summed E-state index contributed by atoms with van der Waals surface area (Å²) in [5.41, 5.74) is 8.26. The van der Waals surface area contributed by atoms with Gasteiger partial charge in [-0.3, -0.25) is 9.78 Å². The van der Waals surface area contributed by atoms with Crippen molar-refractivity contribution in [1.82, 2.24) is 4.98 Å². The molecule has 1 aromatic heterocycles. The van der Waals surface area contributed by atoms with Crippen LogP contribution in [0.2, 0.25) is 0 Å². The number of hydrogen-bond donors (Lipinski definition) is 2. The van der Waals surface area contributed by atoms with Crippen LogP contribution in [0.1, 0.15) is 29.3 Å². The van der Waals surface area contributed by atoms with E-state index in [1.165, 1.54) is 0 Å². The fourth-order valence-electron chi connectivity index (χ4n) is 1.56. The van der Waals surface area contributed by atoms with E-state index in [9.17, 15) is 4.79 Å².